The summed E-state index contributed by atoms with van der Waals surface area (Å²) < 4.78 is 3.86. The summed E-state index contributed by atoms with van der Waals surface area (Å²) in [5.41, 5.74) is 2.86. The third-order valence-corrected chi connectivity index (χ3v) is 4.58. The van der Waals surface area contributed by atoms with Crippen molar-refractivity contribution in [1.29, 1.82) is 0 Å². The third-order valence-electron chi connectivity index (χ3n) is 4.58. The van der Waals surface area contributed by atoms with Crippen LogP contribution >= 0.6 is 0 Å². The first kappa shape index (κ1) is 14.9. The van der Waals surface area contributed by atoms with E-state index in [1.54, 1.807) is 10.9 Å². The monoisotopic (exact) mass is 300 g/mol. The van der Waals surface area contributed by atoms with Gasteiger partial charge in [0, 0.05) is 24.5 Å². The number of hydrogen-bond acceptors (Lipinski definition) is 2. The smallest absolute Gasteiger partial charge is 0.256 e. The second-order valence-corrected chi connectivity index (χ2v) is 6.27. The van der Waals surface area contributed by atoms with Gasteiger partial charge in [0.1, 0.15) is 11.4 Å². The maximum atomic E-state index is 12.7. The Morgan fingerprint density at radius 1 is 1.18 bits per heavy atom. The minimum Gasteiger partial charge on any atom is -0.349 e. The molecular formula is C17H24N4O. The summed E-state index contributed by atoms with van der Waals surface area (Å²) in [5, 5.41) is 7.49. The fraction of sp³-hybridized carbons (Fsp3) is 0.529. The number of aromatic nitrogens is 3. The molecule has 0 saturated heterocycles. The molecule has 1 fully saturated rings. The molecule has 0 aromatic carbocycles. The number of amides is 1. The first-order valence-corrected chi connectivity index (χ1v) is 8.06. The fourth-order valence-electron chi connectivity index (χ4n) is 3.37. The number of carbonyl (C=O) groups is 1. The Kier molecular flexibility index (Phi) is 4.05. The number of nitrogens with one attached hydrogen (secondary N) is 1. The second-order valence-electron chi connectivity index (χ2n) is 6.27. The first-order chi connectivity index (χ1) is 10.6. The van der Waals surface area contributed by atoms with Gasteiger partial charge in [-0.2, -0.15) is 5.10 Å². The van der Waals surface area contributed by atoms with Gasteiger partial charge in [0.05, 0.1) is 6.20 Å². The normalized spacial score (nSPS) is 16.0. The highest BCUT2D eigenvalue weighted by Crippen LogP contribution is 2.21. The maximum Gasteiger partial charge on any atom is 0.256 e. The maximum absolute atomic E-state index is 12.7. The molecule has 0 unspecified atom stereocenters. The Morgan fingerprint density at radius 2 is 1.82 bits per heavy atom. The minimum absolute atomic E-state index is 0.0116. The minimum atomic E-state index is -0.0116. The van der Waals surface area contributed by atoms with Gasteiger partial charge in [0.15, 0.2) is 0 Å². The lowest BCUT2D eigenvalue weighted by Crippen LogP contribution is -2.36. The Labute approximate surface area is 131 Å². The molecule has 2 heterocycles. The standard InChI is InChI=1S/C17H24N4O/c1-12-9-10-13(2)21(12)17-15(11-18-20(17)3)16(22)19-14-7-5-4-6-8-14/h9-11,14H,4-8H2,1-3H3,(H,19,22). The summed E-state index contributed by atoms with van der Waals surface area (Å²) in [6.45, 7) is 4.09. The Bertz CT molecular complexity index is 657. The van der Waals surface area contributed by atoms with Crippen molar-refractivity contribution >= 4 is 5.91 Å². The van der Waals surface area contributed by atoms with Crippen LogP contribution in [0.25, 0.3) is 5.82 Å². The Morgan fingerprint density at radius 3 is 2.45 bits per heavy atom. The lowest BCUT2D eigenvalue weighted by Gasteiger charge is -2.23. The van der Waals surface area contributed by atoms with Gasteiger partial charge in [-0.25, -0.2) is 0 Å². The third kappa shape index (κ3) is 2.67. The summed E-state index contributed by atoms with van der Waals surface area (Å²) in [6, 6.07) is 4.43. The zero-order chi connectivity index (χ0) is 15.7. The predicted molar refractivity (Wildman–Crippen MR) is 86.3 cm³/mol. The van der Waals surface area contributed by atoms with Crippen LogP contribution < -0.4 is 5.32 Å². The van der Waals surface area contributed by atoms with Crippen molar-refractivity contribution in [3.8, 4) is 5.82 Å². The topological polar surface area (TPSA) is 51.9 Å². The summed E-state index contributed by atoms with van der Waals surface area (Å²) in [5.74, 6) is 0.829. The molecule has 5 heteroatoms. The van der Waals surface area contributed by atoms with Gasteiger partial charge in [-0.05, 0) is 38.8 Å². The quantitative estimate of drug-likeness (QED) is 0.947. The van der Waals surface area contributed by atoms with E-state index in [1.165, 1.54) is 19.3 Å². The largest absolute Gasteiger partial charge is 0.349 e. The molecule has 1 amide bonds. The summed E-state index contributed by atoms with van der Waals surface area (Å²) in [4.78, 5) is 12.7. The van der Waals surface area contributed by atoms with Gasteiger partial charge < -0.3 is 9.88 Å². The molecule has 3 rings (SSSR count). The van der Waals surface area contributed by atoms with Crippen LogP contribution in [-0.2, 0) is 7.05 Å². The summed E-state index contributed by atoms with van der Waals surface area (Å²) in [7, 11) is 1.88. The molecule has 1 saturated carbocycles. The van der Waals surface area contributed by atoms with E-state index >= 15 is 0 Å². The second kappa shape index (κ2) is 5.99. The van der Waals surface area contributed by atoms with Crippen LogP contribution in [0.15, 0.2) is 18.3 Å². The first-order valence-electron chi connectivity index (χ1n) is 8.06. The van der Waals surface area contributed by atoms with Crippen LogP contribution in [0.5, 0.6) is 0 Å². The molecule has 0 aliphatic heterocycles. The molecule has 1 aliphatic rings. The van der Waals surface area contributed by atoms with E-state index in [4.69, 9.17) is 0 Å². The van der Waals surface area contributed by atoms with E-state index in [-0.39, 0.29) is 5.91 Å². The highest BCUT2D eigenvalue weighted by atomic mass is 16.1. The molecule has 1 N–H and O–H groups in total. The lowest BCUT2D eigenvalue weighted by atomic mass is 9.95. The lowest BCUT2D eigenvalue weighted by molar-refractivity contribution is 0.0927. The van der Waals surface area contributed by atoms with E-state index in [2.05, 4.69) is 27.1 Å². The van der Waals surface area contributed by atoms with Gasteiger partial charge in [-0.15, -0.1) is 0 Å². The van der Waals surface area contributed by atoms with E-state index in [1.807, 2.05) is 20.9 Å². The van der Waals surface area contributed by atoms with Crippen molar-refractivity contribution in [3.63, 3.8) is 0 Å². The average molecular weight is 300 g/mol. The van der Waals surface area contributed by atoms with Gasteiger partial charge in [0.2, 0.25) is 0 Å². The van der Waals surface area contributed by atoms with Gasteiger partial charge >= 0.3 is 0 Å². The number of rotatable bonds is 3. The molecular weight excluding hydrogens is 276 g/mol. The Hall–Kier alpha value is -2.04. The number of aryl methyl sites for hydroxylation is 3. The predicted octanol–water partition coefficient (Wildman–Crippen LogP) is 2.89. The van der Waals surface area contributed by atoms with Crippen LogP contribution in [0.4, 0.5) is 0 Å². The van der Waals surface area contributed by atoms with Crippen LogP contribution in [-0.4, -0.2) is 26.3 Å². The SMILES string of the molecule is Cc1ccc(C)n1-c1c(C(=O)NC2CCCCC2)cnn1C. The molecule has 1 aliphatic carbocycles. The number of carbonyl (C=O) groups excluding carboxylic acids is 1. The van der Waals surface area contributed by atoms with Crippen molar-refractivity contribution in [2.45, 2.75) is 52.0 Å². The average Bonchev–Trinajstić information content (AvgIpc) is 3.03. The zero-order valence-electron chi connectivity index (χ0n) is 13.6. The highest BCUT2D eigenvalue weighted by molar-refractivity contribution is 5.97. The molecule has 118 valence electrons. The Balaban J connectivity index is 1.90. The van der Waals surface area contributed by atoms with Crippen LogP contribution in [0.1, 0.15) is 53.8 Å². The number of nitrogens with zero attached hydrogens (tertiary/aromatic N) is 3. The zero-order valence-corrected chi connectivity index (χ0v) is 13.6. The number of hydrogen-bond donors (Lipinski definition) is 1. The summed E-state index contributed by atoms with van der Waals surface area (Å²) >= 11 is 0. The summed E-state index contributed by atoms with van der Waals surface area (Å²) in [6.07, 6.45) is 7.55. The van der Waals surface area contributed by atoms with E-state index < -0.39 is 0 Å². The van der Waals surface area contributed by atoms with Crippen molar-refractivity contribution in [3.05, 3.63) is 35.3 Å². The molecule has 0 radical (unpaired) electrons. The molecule has 5 nitrogen and oxygen atoms in total. The van der Waals surface area contributed by atoms with E-state index in [0.717, 1.165) is 30.0 Å². The van der Waals surface area contributed by atoms with Crippen LogP contribution in [0.3, 0.4) is 0 Å². The van der Waals surface area contributed by atoms with Crippen molar-refractivity contribution in [2.75, 3.05) is 0 Å². The van der Waals surface area contributed by atoms with Crippen LogP contribution in [0, 0.1) is 13.8 Å². The highest BCUT2D eigenvalue weighted by Gasteiger charge is 2.22. The van der Waals surface area contributed by atoms with Crippen molar-refractivity contribution < 1.29 is 4.79 Å². The van der Waals surface area contributed by atoms with Crippen molar-refractivity contribution in [1.82, 2.24) is 19.7 Å². The molecule has 0 atom stereocenters. The van der Waals surface area contributed by atoms with Gasteiger partial charge in [-0.1, -0.05) is 19.3 Å². The molecule has 2 aromatic heterocycles. The molecule has 22 heavy (non-hydrogen) atoms. The van der Waals surface area contributed by atoms with Crippen molar-refractivity contribution in [2.24, 2.45) is 7.05 Å². The molecule has 0 spiro atoms. The molecule has 2 aromatic rings. The van der Waals surface area contributed by atoms with E-state index in [9.17, 15) is 4.79 Å². The van der Waals surface area contributed by atoms with Gasteiger partial charge in [0.25, 0.3) is 5.91 Å². The fourth-order valence-corrected chi connectivity index (χ4v) is 3.37. The van der Waals surface area contributed by atoms with E-state index in [0.29, 0.717) is 11.6 Å². The van der Waals surface area contributed by atoms with Crippen LogP contribution in [0.2, 0.25) is 0 Å². The molecule has 0 bridgehead atoms. The van der Waals surface area contributed by atoms with Gasteiger partial charge in [-0.3, -0.25) is 9.48 Å².